The zero-order valence-corrected chi connectivity index (χ0v) is 18.1. The van der Waals surface area contributed by atoms with Gasteiger partial charge in [-0.15, -0.1) is 0 Å². The Morgan fingerprint density at radius 2 is 2.03 bits per heavy atom. The fraction of sp³-hybridized carbons (Fsp3) is 0.435. The molecule has 0 N–H and O–H groups in total. The van der Waals surface area contributed by atoms with E-state index in [1.807, 2.05) is 30.1 Å². The van der Waals surface area contributed by atoms with E-state index in [1.54, 1.807) is 25.2 Å². The van der Waals surface area contributed by atoms with Crippen molar-refractivity contribution in [2.45, 2.75) is 31.1 Å². The van der Waals surface area contributed by atoms with Crippen molar-refractivity contribution >= 4 is 22.8 Å². The first-order valence-corrected chi connectivity index (χ1v) is 10.7. The number of rotatable bonds is 2. The number of fused-ring (bicyclic) bond motifs is 3. The van der Waals surface area contributed by atoms with Gasteiger partial charge in [0.1, 0.15) is 0 Å². The van der Waals surface area contributed by atoms with E-state index in [4.69, 9.17) is 4.98 Å². The van der Waals surface area contributed by atoms with Crippen molar-refractivity contribution in [3.8, 4) is 0 Å². The molecular formula is C23H26N6O2. The first-order valence-electron chi connectivity index (χ1n) is 10.7. The highest BCUT2D eigenvalue weighted by Crippen LogP contribution is 2.44. The first kappa shape index (κ1) is 19.7. The summed E-state index contributed by atoms with van der Waals surface area (Å²) in [4.78, 5) is 43.2. The molecule has 1 atom stereocenters. The normalized spacial score (nSPS) is 20.3. The lowest BCUT2D eigenvalue weighted by atomic mass is 9.77. The lowest BCUT2D eigenvalue weighted by molar-refractivity contribution is 0.0633. The maximum absolute atomic E-state index is 13.4. The van der Waals surface area contributed by atoms with Crippen LogP contribution in [0, 0.1) is 0 Å². The molecule has 0 saturated carbocycles. The molecule has 160 valence electrons. The van der Waals surface area contributed by atoms with Gasteiger partial charge in [-0.2, -0.15) is 0 Å². The van der Waals surface area contributed by atoms with Gasteiger partial charge >= 0.3 is 0 Å². The Morgan fingerprint density at radius 3 is 2.84 bits per heavy atom. The largest absolute Gasteiger partial charge is 0.347 e. The number of aromatic nitrogens is 4. The molecule has 1 unspecified atom stereocenters. The summed E-state index contributed by atoms with van der Waals surface area (Å²) in [5.74, 6) is 0.699. The number of nitrogens with zero attached hydrogens (tertiary/aromatic N) is 6. The van der Waals surface area contributed by atoms with Crippen molar-refractivity contribution in [1.82, 2.24) is 24.4 Å². The summed E-state index contributed by atoms with van der Waals surface area (Å²) in [7, 11) is 5.56. The molecule has 1 amide bonds. The van der Waals surface area contributed by atoms with Gasteiger partial charge in [-0.05, 0) is 49.4 Å². The predicted octanol–water partition coefficient (Wildman–Crippen LogP) is 1.91. The molecule has 2 aromatic heterocycles. The SMILES string of the molecule is CN(C)c1ncc2c(n1)C1(CCCN(C(=O)c3ccc4c(=O)n(C)cnc4c3)C1)CC2. The van der Waals surface area contributed by atoms with Crippen LogP contribution in [0.2, 0.25) is 0 Å². The van der Waals surface area contributed by atoms with Crippen LogP contribution in [0.15, 0.2) is 35.5 Å². The second kappa shape index (κ2) is 7.14. The van der Waals surface area contributed by atoms with E-state index in [9.17, 15) is 9.59 Å². The summed E-state index contributed by atoms with van der Waals surface area (Å²) >= 11 is 0. The fourth-order valence-corrected chi connectivity index (χ4v) is 4.98. The van der Waals surface area contributed by atoms with Crippen LogP contribution in [0.25, 0.3) is 10.9 Å². The molecule has 0 bridgehead atoms. The number of carbonyl (C=O) groups is 1. The molecule has 1 aromatic carbocycles. The van der Waals surface area contributed by atoms with Crippen molar-refractivity contribution in [3.63, 3.8) is 0 Å². The summed E-state index contributed by atoms with van der Waals surface area (Å²) in [5, 5.41) is 0.522. The molecule has 8 nitrogen and oxygen atoms in total. The molecule has 1 spiro atoms. The summed E-state index contributed by atoms with van der Waals surface area (Å²) in [5.41, 5.74) is 3.20. The Labute approximate surface area is 180 Å². The smallest absolute Gasteiger partial charge is 0.260 e. The quantitative estimate of drug-likeness (QED) is 0.632. The summed E-state index contributed by atoms with van der Waals surface area (Å²) in [6.07, 6.45) is 7.36. The fourth-order valence-electron chi connectivity index (χ4n) is 4.98. The van der Waals surface area contributed by atoms with Crippen LogP contribution in [-0.4, -0.2) is 57.5 Å². The Bertz CT molecular complexity index is 1250. The molecule has 1 fully saturated rings. The van der Waals surface area contributed by atoms with Crippen molar-refractivity contribution in [2.24, 2.45) is 7.05 Å². The van der Waals surface area contributed by atoms with E-state index >= 15 is 0 Å². The van der Waals surface area contributed by atoms with E-state index in [2.05, 4.69) is 9.97 Å². The third kappa shape index (κ3) is 3.17. The maximum Gasteiger partial charge on any atom is 0.260 e. The van der Waals surface area contributed by atoms with Gasteiger partial charge < -0.3 is 14.4 Å². The molecule has 31 heavy (non-hydrogen) atoms. The van der Waals surface area contributed by atoms with E-state index in [-0.39, 0.29) is 16.9 Å². The van der Waals surface area contributed by atoms with Crippen LogP contribution in [0.3, 0.4) is 0 Å². The molecule has 2 aliphatic rings. The lowest BCUT2D eigenvalue weighted by Gasteiger charge is -2.40. The second-order valence-electron chi connectivity index (χ2n) is 8.94. The van der Waals surface area contributed by atoms with Crippen molar-refractivity contribution < 1.29 is 4.79 Å². The average molecular weight is 419 g/mol. The van der Waals surface area contributed by atoms with Gasteiger partial charge in [0.2, 0.25) is 5.95 Å². The van der Waals surface area contributed by atoms with Crippen LogP contribution in [0.4, 0.5) is 5.95 Å². The zero-order chi connectivity index (χ0) is 21.8. The standard InChI is InChI=1S/C23H26N6O2/c1-27(2)22-24-12-16-7-9-23(19(16)26-22)8-4-10-29(13-23)20(30)15-5-6-17-18(11-15)25-14-28(3)21(17)31/h5-6,11-12,14H,4,7-10,13H2,1-3H3. The number of benzene rings is 1. The van der Waals surface area contributed by atoms with Crippen molar-refractivity contribution in [3.05, 3.63) is 57.9 Å². The minimum atomic E-state index is -0.111. The Kier molecular flexibility index (Phi) is 4.53. The first-order chi connectivity index (χ1) is 14.9. The predicted molar refractivity (Wildman–Crippen MR) is 118 cm³/mol. The minimum absolute atomic E-state index is 0.0150. The highest BCUT2D eigenvalue weighted by atomic mass is 16.2. The van der Waals surface area contributed by atoms with Gasteiger partial charge in [-0.3, -0.25) is 9.59 Å². The van der Waals surface area contributed by atoms with Gasteiger partial charge in [0, 0.05) is 51.4 Å². The maximum atomic E-state index is 13.4. The number of hydrogen-bond acceptors (Lipinski definition) is 6. The van der Waals surface area contributed by atoms with Gasteiger partial charge in [0.15, 0.2) is 0 Å². The number of hydrogen-bond donors (Lipinski definition) is 0. The Balaban J connectivity index is 1.46. The molecule has 3 aromatic rings. The van der Waals surface area contributed by atoms with E-state index in [0.717, 1.165) is 37.9 Å². The van der Waals surface area contributed by atoms with Gasteiger partial charge in [-0.1, -0.05) is 0 Å². The minimum Gasteiger partial charge on any atom is -0.347 e. The topological polar surface area (TPSA) is 84.2 Å². The highest BCUT2D eigenvalue weighted by Gasteiger charge is 2.45. The number of aryl methyl sites for hydroxylation is 2. The average Bonchev–Trinajstić information content (AvgIpc) is 3.12. The molecule has 8 heteroatoms. The monoisotopic (exact) mass is 418 g/mol. The molecule has 1 aliphatic heterocycles. The van der Waals surface area contributed by atoms with E-state index < -0.39 is 0 Å². The van der Waals surface area contributed by atoms with Crippen LogP contribution >= 0.6 is 0 Å². The van der Waals surface area contributed by atoms with Gasteiger partial charge in [0.25, 0.3) is 11.5 Å². The van der Waals surface area contributed by atoms with E-state index in [1.165, 1.54) is 16.5 Å². The number of likely N-dealkylation sites (tertiary alicyclic amines) is 1. The third-order valence-corrected chi connectivity index (χ3v) is 6.66. The van der Waals surface area contributed by atoms with Crippen LogP contribution in [-0.2, 0) is 18.9 Å². The van der Waals surface area contributed by atoms with Crippen molar-refractivity contribution in [1.29, 1.82) is 0 Å². The number of anilines is 1. The second-order valence-corrected chi connectivity index (χ2v) is 8.94. The number of carbonyl (C=O) groups excluding carboxylic acids is 1. The molecule has 1 aliphatic carbocycles. The van der Waals surface area contributed by atoms with Crippen LogP contribution in [0.1, 0.15) is 40.9 Å². The molecular weight excluding hydrogens is 392 g/mol. The Morgan fingerprint density at radius 1 is 1.19 bits per heavy atom. The summed E-state index contributed by atoms with van der Waals surface area (Å²) < 4.78 is 1.44. The molecule has 0 radical (unpaired) electrons. The highest BCUT2D eigenvalue weighted by molar-refractivity contribution is 5.97. The Hall–Kier alpha value is -3.29. The summed E-state index contributed by atoms with van der Waals surface area (Å²) in [6, 6.07) is 5.18. The zero-order valence-electron chi connectivity index (χ0n) is 18.1. The molecule has 5 rings (SSSR count). The molecule has 3 heterocycles. The number of amides is 1. The van der Waals surface area contributed by atoms with Gasteiger partial charge in [0.05, 0.1) is 22.9 Å². The van der Waals surface area contributed by atoms with Crippen molar-refractivity contribution in [2.75, 3.05) is 32.1 Å². The molecule has 1 saturated heterocycles. The van der Waals surface area contributed by atoms with Gasteiger partial charge in [-0.25, -0.2) is 15.0 Å². The van der Waals surface area contributed by atoms with Crippen LogP contribution in [0.5, 0.6) is 0 Å². The summed E-state index contributed by atoms with van der Waals surface area (Å²) in [6.45, 7) is 1.38. The van der Waals surface area contributed by atoms with Crippen LogP contribution < -0.4 is 10.5 Å². The number of piperidine rings is 1. The lowest BCUT2D eigenvalue weighted by Crippen LogP contribution is -2.48. The van der Waals surface area contributed by atoms with E-state index in [0.29, 0.717) is 29.0 Å². The third-order valence-electron chi connectivity index (χ3n) is 6.66.